The first kappa shape index (κ1) is 17.5. The fraction of sp³-hybridized carbons (Fsp3) is 0.100. The maximum atomic E-state index is 12.6. The lowest BCUT2D eigenvalue weighted by atomic mass is 10.2. The minimum absolute atomic E-state index is 0.225. The zero-order valence-electron chi connectivity index (χ0n) is 15.1. The van der Waals surface area contributed by atoms with Crippen LogP contribution < -0.4 is 15.7 Å². The molecule has 0 aliphatic carbocycles. The molecule has 0 fully saturated rings. The van der Waals surface area contributed by atoms with Gasteiger partial charge in [-0.15, -0.1) is 0 Å². The second kappa shape index (κ2) is 7.36. The van der Waals surface area contributed by atoms with Crippen LogP contribution in [0.2, 0.25) is 0 Å². The minimum atomic E-state index is -0.473. The standard InChI is InChI=1S/C20H17N5O3/c1-14-7-9-16(10-8-14)28-12-18(26)23-24-13-21-19-17(20(24)27)11-22-25(19)15-5-3-2-4-6-15/h2-11,13H,12H2,1H3,(H,23,26). The van der Waals surface area contributed by atoms with E-state index in [1.54, 1.807) is 16.8 Å². The van der Waals surface area contributed by atoms with Gasteiger partial charge in [0.2, 0.25) is 0 Å². The van der Waals surface area contributed by atoms with E-state index in [0.29, 0.717) is 16.8 Å². The van der Waals surface area contributed by atoms with E-state index < -0.39 is 11.5 Å². The quantitative estimate of drug-likeness (QED) is 0.576. The average Bonchev–Trinajstić information content (AvgIpc) is 3.15. The molecule has 2 aromatic carbocycles. The molecular formula is C20H17N5O3. The Morgan fingerprint density at radius 3 is 2.61 bits per heavy atom. The van der Waals surface area contributed by atoms with Crippen molar-refractivity contribution in [3.05, 3.63) is 83.0 Å². The molecular weight excluding hydrogens is 358 g/mol. The molecule has 8 heteroatoms. The van der Waals surface area contributed by atoms with Gasteiger partial charge >= 0.3 is 0 Å². The number of carbonyl (C=O) groups is 1. The number of aromatic nitrogens is 4. The second-order valence-electron chi connectivity index (χ2n) is 6.19. The SMILES string of the molecule is Cc1ccc(OCC(=O)Nn2cnc3c(cnn3-c3ccccc3)c2=O)cc1. The molecule has 8 nitrogen and oxygen atoms in total. The maximum Gasteiger partial charge on any atom is 0.283 e. The summed E-state index contributed by atoms with van der Waals surface area (Å²) in [6.07, 6.45) is 2.69. The molecule has 0 aliphatic rings. The van der Waals surface area contributed by atoms with Crippen LogP contribution in [-0.2, 0) is 4.79 Å². The number of ether oxygens (including phenoxy) is 1. The van der Waals surface area contributed by atoms with Gasteiger partial charge in [0.1, 0.15) is 17.5 Å². The van der Waals surface area contributed by atoms with Crippen LogP contribution >= 0.6 is 0 Å². The molecule has 4 aromatic rings. The summed E-state index contributed by atoms with van der Waals surface area (Å²) in [7, 11) is 0. The number of aryl methyl sites for hydroxylation is 1. The number of rotatable bonds is 5. The number of amides is 1. The number of benzene rings is 2. The van der Waals surface area contributed by atoms with Crippen LogP contribution in [0.15, 0.2) is 71.9 Å². The molecule has 0 aliphatic heterocycles. The Kier molecular flexibility index (Phi) is 4.59. The number of hydrogen-bond acceptors (Lipinski definition) is 5. The van der Waals surface area contributed by atoms with E-state index >= 15 is 0 Å². The van der Waals surface area contributed by atoms with Gasteiger partial charge in [-0.2, -0.15) is 5.10 Å². The predicted molar refractivity (Wildman–Crippen MR) is 104 cm³/mol. The summed E-state index contributed by atoms with van der Waals surface area (Å²) in [6, 6.07) is 16.7. The third-order valence-corrected chi connectivity index (χ3v) is 4.13. The highest BCUT2D eigenvalue weighted by Crippen LogP contribution is 2.13. The van der Waals surface area contributed by atoms with Crippen molar-refractivity contribution >= 4 is 16.9 Å². The van der Waals surface area contributed by atoms with Crippen molar-refractivity contribution in [3.63, 3.8) is 0 Å². The van der Waals surface area contributed by atoms with Gasteiger partial charge in [-0.25, -0.2) is 14.3 Å². The molecule has 2 aromatic heterocycles. The van der Waals surface area contributed by atoms with E-state index in [-0.39, 0.29) is 6.61 Å². The lowest BCUT2D eigenvalue weighted by Gasteiger charge is -2.09. The van der Waals surface area contributed by atoms with Crippen molar-refractivity contribution in [2.75, 3.05) is 12.0 Å². The number of carbonyl (C=O) groups excluding carboxylic acids is 1. The van der Waals surface area contributed by atoms with Gasteiger partial charge in [0.15, 0.2) is 12.3 Å². The molecule has 28 heavy (non-hydrogen) atoms. The first-order chi connectivity index (χ1) is 13.6. The first-order valence-corrected chi connectivity index (χ1v) is 8.62. The van der Waals surface area contributed by atoms with Crippen molar-refractivity contribution < 1.29 is 9.53 Å². The van der Waals surface area contributed by atoms with Gasteiger partial charge in [-0.1, -0.05) is 35.9 Å². The Hall–Kier alpha value is -3.94. The van der Waals surface area contributed by atoms with E-state index in [2.05, 4.69) is 15.5 Å². The summed E-state index contributed by atoms with van der Waals surface area (Å²) in [6.45, 7) is 1.74. The highest BCUT2D eigenvalue weighted by atomic mass is 16.5. The number of para-hydroxylation sites is 1. The molecule has 2 heterocycles. The summed E-state index contributed by atoms with van der Waals surface area (Å²) in [5, 5.41) is 4.53. The Morgan fingerprint density at radius 1 is 1.11 bits per heavy atom. The van der Waals surface area contributed by atoms with Crippen molar-refractivity contribution in [2.45, 2.75) is 6.92 Å². The monoisotopic (exact) mass is 375 g/mol. The Bertz CT molecular complexity index is 1180. The normalized spacial score (nSPS) is 10.8. The lowest BCUT2D eigenvalue weighted by molar-refractivity contribution is -0.119. The number of nitrogens with zero attached hydrogens (tertiary/aromatic N) is 4. The third-order valence-electron chi connectivity index (χ3n) is 4.13. The van der Waals surface area contributed by atoms with Crippen LogP contribution in [0.5, 0.6) is 5.75 Å². The Morgan fingerprint density at radius 2 is 1.86 bits per heavy atom. The molecule has 140 valence electrons. The molecule has 1 N–H and O–H groups in total. The molecule has 0 saturated carbocycles. The van der Waals surface area contributed by atoms with Crippen molar-refractivity contribution in [3.8, 4) is 11.4 Å². The molecule has 0 unspecified atom stereocenters. The van der Waals surface area contributed by atoms with Gasteiger partial charge in [-0.05, 0) is 31.2 Å². The summed E-state index contributed by atoms with van der Waals surface area (Å²) in [5.41, 5.74) is 4.35. The van der Waals surface area contributed by atoms with Gasteiger partial charge < -0.3 is 4.74 Å². The third kappa shape index (κ3) is 3.48. The van der Waals surface area contributed by atoms with Crippen molar-refractivity contribution in [1.29, 1.82) is 0 Å². The highest BCUT2D eigenvalue weighted by Gasteiger charge is 2.13. The van der Waals surface area contributed by atoms with Gasteiger partial charge in [0.25, 0.3) is 11.5 Å². The molecule has 0 atom stereocenters. The van der Waals surface area contributed by atoms with E-state index in [1.165, 1.54) is 12.5 Å². The summed E-state index contributed by atoms with van der Waals surface area (Å²) in [5.74, 6) is 0.102. The largest absolute Gasteiger partial charge is 0.484 e. The zero-order valence-corrected chi connectivity index (χ0v) is 15.1. The van der Waals surface area contributed by atoms with Crippen LogP contribution in [0.3, 0.4) is 0 Å². The van der Waals surface area contributed by atoms with E-state index in [1.807, 2.05) is 49.4 Å². The number of hydrogen-bond donors (Lipinski definition) is 1. The summed E-state index contributed by atoms with van der Waals surface area (Å²) < 4.78 is 8.02. The van der Waals surface area contributed by atoms with Gasteiger partial charge in [0.05, 0.1) is 11.9 Å². The predicted octanol–water partition coefficient (Wildman–Crippen LogP) is 2.04. The molecule has 4 rings (SSSR count). The summed E-state index contributed by atoms with van der Waals surface area (Å²) in [4.78, 5) is 29.0. The number of fused-ring (bicyclic) bond motifs is 1. The summed E-state index contributed by atoms with van der Waals surface area (Å²) >= 11 is 0. The van der Waals surface area contributed by atoms with Crippen LogP contribution in [0.25, 0.3) is 16.7 Å². The van der Waals surface area contributed by atoms with E-state index in [4.69, 9.17) is 4.74 Å². The molecule has 0 radical (unpaired) electrons. The Balaban J connectivity index is 1.51. The van der Waals surface area contributed by atoms with Gasteiger partial charge in [-0.3, -0.25) is 15.0 Å². The Labute approximate surface area is 160 Å². The molecule has 0 bridgehead atoms. The topological polar surface area (TPSA) is 91.0 Å². The van der Waals surface area contributed by atoms with Crippen LogP contribution in [0, 0.1) is 6.92 Å². The van der Waals surface area contributed by atoms with Crippen LogP contribution in [-0.4, -0.2) is 32.0 Å². The second-order valence-corrected chi connectivity index (χ2v) is 6.19. The zero-order chi connectivity index (χ0) is 19.5. The fourth-order valence-electron chi connectivity index (χ4n) is 2.70. The molecule has 0 saturated heterocycles. The average molecular weight is 375 g/mol. The van der Waals surface area contributed by atoms with Crippen LogP contribution in [0.1, 0.15) is 5.56 Å². The van der Waals surface area contributed by atoms with Crippen LogP contribution in [0.4, 0.5) is 0 Å². The van der Waals surface area contributed by atoms with Gasteiger partial charge in [0, 0.05) is 0 Å². The van der Waals surface area contributed by atoms with E-state index in [0.717, 1.165) is 15.9 Å². The molecule has 1 amide bonds. The molecule has 0 spiro atoms. The fourth-order valence-corrected chi connectivity index (χ4v) is 2.70. The first-order valence-electron chi connectivity index (χ1n) is 8.62. The maximum absolute atomic E-state index is 12.6. The van der Waals surface area contributed by atoms with E-state index in [9.17, 15) is 9.59 Å². The smallest absolute Gasteiger partial charge is 0.283 e. The lowest BCUT2D eigenvalue weighted by Crippen LogP contribution is -2.35. The van der Waals surface area contributed by atoms with Crippen molar-refractivity contribution in [1.82, 2.24) is 19.4 Å². The van der Waals surface area contributed by atoms with Crippen molar-refractivity contribution in [2.24, 2.45) is 0 Å². The highest BCUT2D eigenvalue weighted by molar-refractivity contribution is 5.85. The minimum Gasteiger partial charge on any atom is -0.484 e. The number of nitrogens with one attached hydrogen (secondary N) is 1.